The zero-order valence-electron chi connectivity index (χ0n) is 12.8. The maximum atomic E-state index is 11.7. The molecule has 1 aromatic carbocycles. The van der Waals surface area contributed by atoms with Crippen molar-refractivity contribution in [2.24, 2.45) is 0 Å². The van der Waals surface area contributed by atoms with E-state index in [0.29, 0.717) is 35.8 Å². The monoisotopic (exact) mass is 335 g/mol. The molecule has 2 aromatic rings. The van der Waals surface area contributed by atoms with Crippen LogP contribution in [0.15, 0.2) is 33.9 Å². The van der Waals surface area contributed by atoms with Gasteiger partial charge in [0.1, 0.15) is 6.61 Å². The summed E-state index contributed by atoms with van der Waals surface area (Å²) in [7, 11) is 0. The van der Waals surface area contributed by atoms with E-state index in [1.54, 1.807) is 6.92 Å². The molecular weight excluding hydrogens is 318 g/mol. The van der Waals surface area contributed by atoms with Crippen LogP contribution >= 0.6 is 11.8 Å². The van der Waals surface area contributed by atoms with E-state index in [1.165, 1.54) is 11.8 Å². The molecule has 23 heavy (non-hydrogen) atoms. The first kappa shape index (κ1) is 15.7. The van der Waals surface area contributed by atoms with Gasteiger partial charge in [-0.25, -0.2) is 0 Å². The van der Waals surface area contributed by atoms with Gasteiger partial charge in [0, 0.05) is 6.54 Å². The van der Waals surface area contributed by atoms with Crippen LogP contribution in [0.25, 0.3) is 0 Å². The first-order valence-electron chi connectivity index (χ1n) is 7.33. The highest BCUT2D eigenvalue weighted by molar-refractivity contribution is 8.00. The number of para-hydroxylation sites is 2. The van der Waals surface area contributed by atoms with E-state index in [0.717, 1.165) is 0 Å². The Morgan fingerprint density at radius 1 is 1.39 bits per heavy atom. The maximum absolute atomic E-state index is 11.7. The quantitative estimate of drug-likeness (QED) is 0.838. The van der Waals surface area contributed by atoms with E-state index in [9.17, 15) is 4.79 Å². The number of hydrogen-bond donors (Lipinski definition) is 1. The average molecular weight is 335 g/mol. The molecule has 0 bridgehead atoms. The van der Waals surface area contributed by atoms with Crippen molar-refractivity contribution in [3.8, 4) is 11.5 Å². The summed E-state index contributed by atoms with van der Waals surface area (Å²) < 4.78 is 17.0. The zero-order chi connectivity index (χ0) is 16.2. The minimum atomic E-state index is -0.452. The molecule has 0 saturated carbocycles. The predicted molar refractivity (Wildman–Crippen MR) is 83.6 cm³/mol. The molecule has 1 aromatic heterocycles. The number of thioether (sulfide) groups is 1. The Morgan fingerprint density at radius 2 is 2.17 bits per heavy atom. The third-order valence-corrected chi connectivity index (χ3v) is 4.14. The molecule has 8 heteroatoms. The number of nitrogens with zero attached hydrogens (tertiary/aromatic N) is 2. The highest BCUT2D eigenvalue weighted by Crippen LogP contribution is 2.36. The van der Waals surface area contributed by atoms with Crippen LogP contribution in [-0.2, 0) is 4.79 Å². The van der Waals surface area contributed by atoms with Gasteiger partial charge in [0.15, 0.2) is 11.5 Å². The van der Waals surface area contributed by atoms with Crippen molar-refractivity contribution in [1.29, 1.82) is 0 Å². The number of ether oxygens (including phenoxy) is 2. The summed E-state index contributed by atoms with van der Waals surface area (Å²) in [5.41, 5.74) is 0. The van der Waals surface area contributed by atoms with E-state index >= 15 is 0 Å². The lowest BCUT2D eigenvalue weighted by Gasteiger charge is -2.23. The normalized spacial score (nSPS) is 17.6. The molecule has 7 nitrogen and oxygen atoms in total. The minimum absolute atomic E-state index is 0.0663. The number of rotatable bonds is 5. The van der Waals surface area contributed by atoms with Crippen molar-refractivity contribution >= 4 is 17.7 Å². The summed E-state index contributed by atoms with van der Waals surface area (Å²) >= 11 is 1.21. The number of amides is 1. The molecule has 2 heterocycles. The topological polar surface area (TPSA) is 86.5 Å². The fraction of sp³-hybridized carbons (Fsp3) is 0.400. The van der Waals surface area contributed by atoms with Gasteiger partial charge in [0.25, 0.3) is 11.1 Å². The second-order valence-electron chi connectivity index (χ2n) is 4.93. The maximum Gasteiger partial charge on any atom is 0.277 e. The first-order chi connectivity index (χ1) is 11.2. The van der Waals surface area contributed by atoms with Crippen LogP contribution in [0.2, 0.25) is 0 Å². The molecule has 2 atom stereocenters. The second kappa shape index (κ2) is 6.91. The highest BCUT2D eigenvalue weighted by atomic mass is 32.2. The summed E-state index contributed by atoms with van der Waals surface area (Å²) in [5.74, 6) is 1.61. The Labute approximate surface area is 137 Å². The van der Waals surface area contributed by atoms with Crippen LogP contribution in [0.5, 0.6) is 11.5 Å². The van der Waals surface area contributed by atoms with Gasteiger partial charge < -0.3 is 19.2 Å². The molecule has 0 aliphatic carbocycles. The molecule has 0 saturated heterocycles. The number of benzene rings is 1. The first-order valence-corrected chi connectivity index (χ1v) is 8.21. The lowest BCUT2D eigenvalue weighted by atomic mass is 10.2. The van der Waals surface area contributed by atoms with E-state index in [2.05, 4.69) is 15.5 Å². The van der Waals surface area contributed by atoms with Gasteiger partial charge >= 0.3 is 0 Å². The summed E-state index contributed by atoms with van der Waals surface area (Å²) in [5, 5.41) is 10.7. The van der Waals surface area contributed by atoms with Gasteiger partial charge in [0.05, 0.1) is 5.25 Å². The van der Waals surface area contributed by atoms with Crippen LogP contribution < -0.4 is 14.8 Å². The second-order valence-corrected chi connectivity index (χ2v) is 6.22. The van der Waals surface area contributed by atoms with Gasteiger partial charge in [-0.1, -0.05) is 23.9 Å². The van der Waals surface area contributed by atoms with Crippen molar-refractivity contribution in [3.05, 3.63) is 30.2 Å². The Morgan fingerprint density at radius 3 is 2.96 bits per heavy atom. The molecule has 1 aliphatic heterocycles. The molecule has 3 rings (SSSR count). The molecule has 0 radical (unpaired) electrons. The number of aromatic nitrogens is 2. The number of hydrogen-bond acceptors (Lipinski definition) is 7. The van der Waals surface area contributed by atoms with Crippen molar-refractivity contribution in [2.45, 2.75) is 30.4 Å². The number of carbonyl (C=O) groups excluding carboxylic acids is 1. The van der Waals surface area contributed by atoms with Crippen molar-refractivity contribution in [1.82, 2.24) is 15.5 Å². The average Bonchev–Trinajstić information content (AvgIpc) is 3.03. The van der Waals surface area contributed by atoms with Gasteiger partial charge in [-0.3, -0.25) is 4.79 Å². The van der Waals surface area contributed by atoms with Gasteiger partial charge in [-0.15, -0.1) is 10.2 Å². The summed E-state index contributed by atoms with van der Waals surface area (Å²) in [4.78, 5) is 11.7. The predicted octanol–water partition coefficient (Wildman–Crippen LogP) is 2.20. The van der Waals surface area contributed by atoms with Crippen molar-refractivity contribution in [2.75, 3.05) is 13.2 Å². The molecule has 122 valence electrons. The van der Waals surface area contributed by atoms with Gasteiger partial charge in [-0.2, -0.15) is 0 Å². The molecule has 0 fully saturated rings. The molecule has 1 N–H and O–H groups in total. The smallest absolute Gasteiger partial charge is 0.277 e. The third kappa shape index (κ3) is 3.58. The van der Waals surface area contributed by atoms with Crippen LogP contribution in [0.4, 0.5) is 0 Å². The largest absolute Gasteiger partial charge is 0.485 e. The summed E-state index contributed by atoms with van der Waals surface area (Å²) in [6.45, 7) is 4.55. The molecule has 1 aliphatic rings. The number of carbonyl (C=O) groups is 1. The SMILES string of the molecule is CCNC(=O)[C@@H](C)Sc1nnc([C@@H]2COc3ccccc3O2)o1. The lowest BCUT2D eigenvalue weighted by molar-refractivity contribution is -0.120. The Bertz CT molecular complexity index is 691. The van der Waals surface area contributed by atoms with Gasteiger partial charge in [-0.05, 0) is 26.0 Å². The molecular formula is C15H17N3O4S. The van der Waals surface area contributed by atoms with Crippen molar-refractivity contribution < 1.29 is 18.7 Å². The molecule has 0 spiro atoms. The summed E-state index contributed by atoms with van der Waals surface area (Å²) in [6, 6.07) is 7.42. The van der Waals surface area contributed by atoms with E-state index in [4.69, 9.17) is 13.9 Å². The van der Waals surface area contributed by atoms with Crippen molar-refractivity contribution in [3.63, 3.8) is 0 Å². The minimum Gasteiger partial charge on any atom is -0.485 e. The Kier molecular flexibility index (Phi) is 4.71. The standard InChI is InChI=1S/C15H17N3O4S/c1-3-16-13(19)9(2)23-15-18-17-14(22-15)12-8-20-10-6-4-5-7-11(10)21-12/h4-7,9,12H,3,8H2,1-2H3,(H,16,19)/t9-,12+/m1/s1. The fourth-order valence-electron chi connectivity index (χ4n) is 2.06. The Hall–Kier alpha value is -2.22. The van der Waals surface area contributed by atoms with Crippen LogP contribution in [0.1, 0.15) is 25.8 Å². The third-order valence-electron chi connectivity index (χ3n) is 3.20. The molecule has 1 amide bonds. The number of nitrogens with one attached hydrogen (secondary N) is 1. The van der Waals surface area contributed by atoms with Crippen LogP contribution in [-0.4, -0.2) is 34.5 Å². The fourth-order valence-corrected chi connectivity index (χ4v) is 2.78. The van der Waals surface area contributed by atoms with E-state index in [-0.39, 0.29) is 11.2 Å². The zero-order valence-corrected chi connectivity index (χ0v) is 13.6. The summed E-state index contributed by atoms with van der Waals surface area (Å²) in [6.07, 6.45) is -0.452. The van der Waals surface area contributed by atoms with E-state index < -0.39 is 6.10 Å². The van der Waals surface area contributed by atoms with Crippen LogP contribution in [0, 0.1) is 0 Å². The number of fused-ring (bicyclic) bond motifs is 1. The van der Waals surface area contributed by atoms with E-state index in [1.807, 2.05) is 31.2 Å². The highest BCUT2D eigenvalue weighted by Gasteiger charge is 2.28. The van der Waals surface area contributed by atoms with Gasteiger partial charge in [0.2, 0.25) is 12.0 Å². The molecule has 0 unspecified atom stereocenters. The van der Waals surface area contributed by atoms with Crippen LogP contribution in [0.3, 0.4) is 0 Å². The lowest BCUT2D eigenvalue weighted by Crippen LogP contribution is -2.30. The Balaban J connectivity index is 1.65.